The molecule has 5 nitrogen and oxygen atoms in total. The van der Waals surface area contributed by atoms with Crippen molar-refractivity contribution in [1.82, 2.24) is 14.9 Å². The topological polar surface area (TPSA) is 66.1 Å². The molecule has 0 radical (unpaired) electrons. The van der Waals surface area contributed by atoms with Crippen LogP contribution in [-0.4, -0.2) is 27.3 Å². The van der Waals surface area contributed by atoms with Crippen molar-refractivity contribution < 1.29 is 4.79 Å². The molecule has 3 rings (SSSR count). The summed E-state index contributed by atoms with van der Waals surface area (Å²) in [5.41, 5.74) is 3.64. The summed E-state index contributed by atoms with van der Waals surface area (Å²) in [6.45, 7) is 4.56. The van der Waals surface area contributed by atoms with Crippen molar-refractivity contribution >= 4 is 5.91 Å². The van der Waals surface area contributed by atoms with Crippen LogP contribution in [0, 0.1) is 6.92 Å². The van der Waals surface area contributed by atoms with Crippen molar-refractivity contribution in [1.29, 1.82) is 0 Å². The second-order valence-electron chi connectivity index (χ2n) is 5.79. The number of aromatic nitrogens is 2. The molecule has 0 saturated heterocycles. The number of H-pyrrole nitrogens is 1. The monoisotopic (exact) mass is 297 g/mol. The number of aryl methyl sites for hydroxylation is 1. The third-order valence-electron chi connectivity index (χ3n) is 4.06. The highest BCUT2D eigenvalue weighted by molar-refractivity contribution is 5.73. The number of nitrogens with one attached hydrogen (secondary N) is 1. The van der Waals surface area contributed by atoms with Crippen molar-refractivity contribution in [3.63, 3.8) is 0 Å². The average Bonchev–Trinajstić information content (AvgIpc) is 2.49. The van der Waals surface area contributed by atoms with Crippen molar-refractivity contribution in [2.24, 2.45) is 0 Å². The molecule has 1 aromatic carbocycles. The zero-order valence-corrected chi connectivity index (χ0v) is 12.8. The lowest BCUT2D eigenvalue weighted by molar-refractivity contribution is -0.129. The van der Waals surface area contributed by atoms with Crippen molar-refractivity contribution in [3.8, 4) is 0 Å². The van der Waals surface area contributed by atoms with Gasteiger partial charge in [0.2, 0.25) is 5.91 Å². The molecule has 22 heavy (non-hydrogen) atoms. The minimum Gasteiger partial charge on any atom is -0.338 e. The van der Waals surface area contributed by atoms with E-state index in [1.807, 2.05) is 19.1 Å². The first kappa shape index (κ1) is 14.5. The molecule has 0 aliphatic carbocycles. The molecule has 1 aromatic heterocycles. The Bertz CT molecular complexity index is 762. The summed E-state index contributed by atoms with van der Waals surface area (Å²) in [5, 5.41) is 0. The summed E-state index contributed by atoms with van der Waals surface area (Å²) in [7, 11) is 0. The molecule has 0 saturated carbocycles. The maximum absolute atomic E-state index is 12.3. The van der Waals surface area contributed by atoms with Crippen LogP contribution >= 0.6 is 0 Å². The lowest BCUT2D eigenvalue weighted by Gasteiger charge is -2.26. The van der Waals surface area contributed by atoms with Gasteiger partial charge in [-0.2, -0.15) is 0 Å². The van der Waals surface area contributed by atoms with Gasteiger partial charge in [-0.1, -0.05) is 29.8 Å². The molecule has 114 valence electrons. The van der Waals surface area contributed by atoms with Gasteiger partial charge in [0.25, 0.3) is 5.56 Å². The molecular weight excluding hydrogens is 278 g/mol. The average molecular weight is 297 g/mol. The van der Waals surface area contributed by atoms with E-state index in [0.29, 0.717) is 37.3 Å². The van der Waals surface area contributed by atoms with E-state index in [9.17, 15) is 9.59 Å². The third kappa shape index (κ3) is 2.93. The largest absolute Gasteiger partial charge is 0.338 e. The Balaban J connectivity index is 1.87. The van der Waals surface area contributed by atoms with Crippen LogP contribution in [0.2, 0.25) is 0 Å². The molecular formula is C17H19N3O2. The smallest absolute Gasteiger partial charge is 0.256 e. The van der Waals surface area contributed by atoms with Crippen LogP contribution < -0.4 is 5.56 Å². The van der Waals surface area contributed by atoms with Crippen LogP contribution in [0.3, 0.4) is 0 Å². The quantitative estimate of drug-likeness (QED) is 0.915. The van der Waals surface area contributed by atoms with Crippen LogP contribution in [-0.2, 0) is 24.2 Å². The van der Waals surface area contributed by atoms with E-state index in [4.69, 9.17) is 0 Å². The standard InChI is InChI=1S/C17H19N3O2/c1-11-3-5-13(6-4-11)9-16-18-15-7-8-20(12(2)21)10-14(15)17(22)19-16/h3-6H,7-10H2,1-2H3,(H,18,19,22). The van der Waals surface area contributed by atoms with Gasteiger partial charge in [-0.15, -0.1) is 0 Å². The predicted octanol–water partition coefficient (Wildman–Crippen LogP) is 1.57. The number of hydrogen-bond acceptors (Lipinski definition) is 3. The Morgan fingerprint density at radius 3 is 2.73 bits per heavy atom. The highest BCUT2D eigenvalue weighted by Gasteiger charge is 2.22. The summed E-state index contributed by atoms with van der Waals surface area (Å²) in [5.74, 6) is 0.678. The lowest BCUT2D eigenvalue weighted by Crippen LogP contribution is -2.38. The number of hydrogen-bond donors (Lipinski definition) is 1. The van der Waals surface area contributed by atoms with Gasteiger partial charge >= 0.3 is 0 Å². The van der Waals surface area contributed by atoms with E-state index in [1.165, 1.54) is 12.5 Å². The molecule has 5 heteroatoms. The van der Waals surface area contributed by atoms with Crippen LogP contribution in [0.4, 0.5) is 0 Å². The van der Waals surface area contributed by atoms with Gasteiger partial charge in [0.05, 0.1) is 17.8 Å². The van der Waals surface area contributed by atoms with Crippen LogP contribution in [0.25, 0.3) is 0 Å². The summed E-state index contributed by atoms with van der Waals surface area (Å²) in [6, 6.07) is 8.20. The number of benzene rings is 1. The first-order valence-corrected chi connectivity index (χ1v) is 7.45. The molecule has 1 amide bonds. The van der Waals surface area contributed by atoms with Gasteiger partial charge in [-0.25, -0.2) is 4.98 Å². The minimum absolute atomic E-state index is 0.00576. The number of amides is 1. The Morgan fingerprint density at radius 1 is 1.32 bits per heavy atom. The second-order valence-corrected chi connectivity index (χ2v) is 5.79. The number of aromatic amines is 1. The van der Waals surface area contributed by atoms with Crippen LogP contribution in [0.5, 0.6) is 0 Å². The van der Waals surface area contributed by atoms with Gasteiger partial charge in [-0.3, -0.25) is 9.59 Å². The number of fused-ring (bicyclic) bond motifs is 1. The molecule has 0 fully saturated rings. The predicted molar refractivity (Wildman–Crippen MR) is 83.6 cm³/mol. The fraction of sp³-hybridized carbons (Fsp3) is 0.353. The third-order valence-corrected chi connectivity index (χ3v) is 4.06. The maximum Gasteiger partial charge on any atom is 0.256 e. The van der Waals surface area contributed by atoms with Gasteiger partial charge in [0, 0.05) is 26.3 Å². The van der Waals surface area contributed by atoms with Crippen LogP contribution in [0.15, 0.2) is 29.1 Å². The van der Waals surface area contributed by atoms with Gasteiger partial charge < -0.3 is 9.88 Å². The molecule has 2 heterocycles. The van der Waals surface area contributed by atoms with Gasteiger partial charge in [0.1, 0.15) is 5.82 Å². The fourth-order valence-electron chi connectivity index (χ4n) is 2.73. The van der Waals surface area contributed by atoms with E-state index in [0.717, 1.165) is 11.3 Å². The van der Waals surface area contributed by atoms with Crippen molar-refractivity contribution in [3.05, 3.63) is 62.8 Å². The number of nitrogens with zero attached hydrogens (tertiary/aromatic N) is 2. The summed E-state index contributed by atoms with van der Waals surface area (Å²) in [4.78, 5) is 32.8. The van der Waals surface area contributed by atoms with E-state index < -0.39 is 0 Å². The van der Waals surface area contributed by atoms with E-state index in [-0.39, 0.29) is 11.5 Å². The number of carbonyl (C=O) groups is 1. The van der Waals surface area contributed by atoms with Crippen molar-refractivity contribution in [2.45, 2.75) is 33.2 Å². The highest BCUT2D eigenvalue weighted by atomic mass is 16.2. The van der Waals surface area contributed by atoms with Gasteiger partial charge in [0.15, 0.2) is 0 Å². The lowest BCUT2D eigenvalue weighted by atomic mass is 10.1. The molecule has 0 atom stereocenters. The first-order valence-electron chi connectivity index (χ1n) is 7.45. The Morgan fingerprint density at radius 2 is 2.05 bits per heavy atom. The Hall–Kier alpha value is -2.43. The van der Waals surface area contributed by atoms with Crippen molar-refractivity contribution in [2.75, 3.05) is 6.54 Å². The minimum atomic E-state index is -0.127. The Kier molecular flexibility index (Phi) is 3.79. The summed E-state index contributed by atoms with van der Waals surface area (Å²) < 4.78 is 0. The summed E-state index contributed by atoms with van der Waals surface area (Å²) >= 11 is 0. The molecule has 1 aliphatic rings. The molecule has 0 unspecified atom stereocenters. The molecule has 1 N–H and O–H groups in total. The van der Waals surface area contributed by atoms with Gasteiger partial charge in [-0.05, 0) is 12.5 Å². The second kappa shape index (κ2) is 5.75. The molecule has 1 aliphatic heterocycles. The Labute approximate surface area is 129 Å². The summed E-state index contributed by atoms with van der Waals surface area (Å²) in [6.07, 6.45) is 1.25. The molecule has 2 aromatic rings. The fourth-order valence-corrected chi connectivity index (χ4v) is 2.73. The first-order chi connectivity index (χ1) is 10.5. The molecule has 0 spiro atoms. The zero-order chi connectivity index (χ0) is 15.7. The maximum atomic E-state index is 12.3. The van der Waals surface area contributed by atoms with Crippen LogP contribution in [0.1, 0.15) is 35.1 Å². The van der Waals surface area contributed by atoms with E-state index in [1.54, 1.807) is 4.90 Å². The molecule has 0 bridgehead atoms. The number of carbonyl (C=O) groups excluding carboxylic acids is 1. The van der Waals surface area contributed by atoms with E-state index >= 15 is 0 Å². The SMILES string of the molecule is CC(=O)N1CCc2nc(Cc3ccc(C)cc3)[nH]c(=O)c2C1. The normalized spacial score (nSPS) is 13.8. The zero-order valence-electron chi connectivity index (χ0n) is 12.8. The highest BCUT2D eigenvalue weighted by Crippen LogP contribution is 2.15. The number of rotatable bonds is 2. The van der Waals surface area contributed by atoms with E-state index in [2.05, 4.69) is 22.1 Å².